The summed E-state index contributed by atoms with van der Waals surface area (Å²) in [6, 6.07) is 11.7. The first-order valence-corrected chi connectivity index (χ1v) is 11.8. The minimum atomic E-state index is -2.52. The van der Waals surface area contributed by atoms with Gasteiger partial charge in [-0.05, 0) is 34.6 Å². The van der Waals surface area contributed by atoms with Crippen molar-refractivity contribution in [2.24, 2.45) is 0 Å². The van der Waals surface area contributed by atoms with Crippen LogP contribution in [0.1, 0.15) is 46.6 Å². The van der Waals surface area contributed by atoms with Crippen LogP contribution in [0.25, 0.3) is 0 Å². The van der Waals surface area contributed by atoms with Crippen LogP contribution in [0.5, 0.6) is 0 Å². The van der Waals surface area contributed by atoms with Crippen LogP contribution in [0.3, 0.4) is 0 Å². The molecule has 0 aliphatic carbocycles. The van der Waals surface area contributed by atoms with Crippen molar-refractivity contribution >= 4 is 8.80 Å². The maximum absolute atomic E-state index is 6.00. The molecule has 4 nitrogen and oxygen atoms in total. The Morgan fingerprint density at radius 3 is 1.76 bits per heavy atom. The van der Waals surface area contributed by atoms with E-state index >= 15 is 0 Å². The normalized spacial score (nSPS) is 12.5. The van der Waals surface area contributed by atoms with Gasteiger partial charge in [-0.25, -0.2) is 0 Å². The Morgan fingerprint density at radius 1 is 0.800 bits per heavy atom. The molecule has 0 aliphatic heterocycles. The van der Waals surface area contributed by atoms with E-state index in [-0.39, 0.29) is 0 Å². The van der Waals surface area contributed by atoms with Gasteiger partial charge in [0.1, 0.15) is 6.54 Å². The van der Waals surface area contributed by atoms with Crippen molar-refractivity contribution in [3.63, 3.8) is 0 Å². The number of nitrogens with zero attached hydrogens (tertiary/aromatic N) is 1. The summed E-state index contributed by atoms with van der Waals surface area (Å²) in [5.41, 5.74) is 1.41. The lowest BCUT2D eigenvalue weighted by atomic mass is 10.1. The quantitative estimate of drug-likeness (QED) is 0.358. The lowest BCUT2D eigenvalue weighted by Crippen LogP contribution is -2.50. The molecule has 144 valence electrons. The number of quaternary nitrogens is 1. The van der Waals surface area contributed by atoms with E-state index in [1.165, 1.54) is 5.56 Å². The lowest BCUT2D eigenvalue weighted by Gasteiger charge is -2.38. The van der Waals surface area contributed by atoms with Gasteiger partial charge < -0.3 is 17.8 Å². The third-order valence-corrected chi connectivity index (χ3v) is 8.06. The summed E-state index contributed by atoms with van der Waals surface area (Å²) in [6.07, 6.45) is 1.07. The van der Waals surface area contributed by atoms with Gasteiger partial charge in [-0.1, -0.05) is 30.3 Å². The summed E-state index contributed by atoms with van der Waals surface area (Å²) in [4.78, 5) is 0. The monoisotopic (exact) mass is 368 g/mol. The molecule has 1 rings (SSSR count). The molecule has 0 atom stereocenters. The maximum Gasteiger partial charge on any atom is 0.501 e. The highest BCUT2D eigenvalue weighted by atomic mass is 28.4. The van der Waals surface area contributed by atoms with E-state index in [9.17, 15) is 0 Å². The van der Waals surface area contributed by atoms with E-state index in [2.05, 4.69) is 44.2 Å². The van der Waals surface area contributed by atoms with Gasteiger partial charge >= 0.3 is 8.80 Å². The van der Waals surface area contributed by atoms with E-state index < -0.39 is 8.80 Å². The molecular formula is C20H38NO3Si+. The summed E-state index contributed by atoms with van der Waals surface area (Å²) in [5.74, 6) is 0. The van der Waals surface area contributed by atoms with Crippen LogP contribution >= 0.6 is 0 Å². The van der Waals surface area contributed by atoms with Crippen molar-refractivity contribution in [2.45, 2.75) is 53.6 Å². The minimum absolute atomic E-state index is 0.651. The van der Waals surface area contributed by atoms with Crippen LogP contribution < -0.4 is 0 Å². The van der Waals surface area contributed by atoms with Crippen LogP contribution in [-0.4, -0.2) is 52.7 Å². The van der Waals surface area contributed by atoms with Crippen molar-refractivity contribution in [1.82, 2.24) is 0 Å². The molecule has 0 fully saturated rings. The van der Waals surface area contributed by atoms with Gasteiger partial charge in [-0.15, -0.1) is 0 Å². The average Bonchev–Trinajstić information content (AvgIpc) is 2.62. The Morgan fingerprint density at radius 2 is 1.32 bits per heavy atom. The fourth-order valence-corrected chi connectivity index (χ4v) is 6.04. The van der Waals surface area contributed by atoms with Crippen molar-refractivity contribution < 1.29 is 17.8 Å². The molecular weight excluding hydrogens is 330 g/mol. The smallest absolute Gasteiger partial charge is 0.374 e. The molecule has 0 N–H and O–H groups in total. The summed E-state index contributed by atoms with van der Waals surface area (Å²) in [5, 5.41) is 0. The number of hydrogen-bond acceptors (Lipinski definition) is 3. The average molecular weight is 369 g/mol. The van der Waals surface area contributed by atoms with E-state index in [1.807, 2.05) is 20.8 Å². The molecule has 25 heavy (non-hydrogen) atoms. The lowest BCUT2D eigenvalue weighted by molar-refractivity contribution is -0.937. The third-order valence-electron chi connectivity index (χ3n) is 4.91. The molecule has 0 spiro atoms. The van der Waals surface area contributed by atoms with Gasteiger partial charge in [0.25, 0.3) is 0 Å². The first-order chi connectivity index (χ1) is 12.1. The highest BCUT2D eigenvalue weighted by molar-refractivity contribution is 6.60. The van der Waals surface area contributed by atoms with E-state index in [1.54, 1.807) is 0 Å². The molecule has 0 amide bonds. The summed E-state index contributed by atoms with van der Waals surface area (Å²) in [7, 11) is -2.52. The molecule has 0 saturated carbocycles. The van der Waals surface area contributed by atoms with Gasteiger partial charge in [0.2, 0.25) is 0 Å². The second-order valence-electron chi connectivity index (χ2n) is 6.43. The Labute approximate surface area is 156 Å². The van der Waals surface area contributed by atoms with Crippen LogP contribution in [0.2, 0.25) is 6.04 Å². The van der Waals surface area contributed by atoms with Crippen LogP contribution in [0.15, 0.2) is 30.3 Å². The summed E-state index contributed by atoms with van der Waals surface area (Å²) < 4.78 is 19.1. The van der Waals surface area contributed by atoms with Crippen LogP contribution in [0.4, 0.5) is 0 Å². The molecule has 0 unspecified atom stereocenters. The standard InChI is InChI=1S/C20H38NO3Si/c1-6-21(7-2,19-20-15-12-11-13-16-20)17-14-18-25(22-8-3,23-9-4)24-10-5/h11-13,15-16H,6-10,14,17-19H2,1-5H3/q+1. The third kappa shape index (κ3) is 7.19. The van der Waals surface area contributed by atoms with E-state index in [0.29, 0.717) is 19.8 Å². The summed E-state index contributed by atoms with van der Waals surface area (Å²) in [6.45, 7) is 17.1. The van der Waals surface area contributed by atoms with Crippen molar-refractivity contribution in [1.29, 1.82) is 0 Å². The zero-order valence-electron chi connectivity index (χ0n) is 16.9. The topological polar surface area (TPSA) is 27.7 Å². The van der Waals surface area contributed by atoms with E-state index in [0.717, 1.165) is 43.1 Å². The van der Waals surface area contributed by atoms with Gasteiger partial charge in [0, 0.05) is 37.8 Å². The zero-order chi connectivity index (χ0) is 18.6. The Hall–Kier alpha value is -0.723. The fraction of sp³-hybridized carbons (Fsp3) is 0.700. The number of rotatable bonds is 14. The molecule has 0 radical (unpaired) electrons. The zero-order valence-corrected chi connectivity index (χ0v) is 17.9. The first kappa shape index (κ1) is 22.3. The molecule has 1 aromatic carbocycles. The molecule has 0 bridgehead atoms. The maximum atomic E-state index is 6.00. The highest BCUT2D eigenvalue weighted by Crippen LogP contribution is 2.22. The largest absolute Gasteiger partial charge is 0.501 e. The Balaban J connectivity index is 2.74. The SMILES string of the molecule is CCO[Si](CCC[N+](CC)(CC)Cc1ccccc1)(OCC)OCC. The highest BCUT2D eigenvalue weighted by Gasteiger charge is 2.40. The van der Waals surface area contributed by atoms with E-state index in [4.69, 9.17) is 13.3 Å². The number of hydrogen-bond donors (Lipinski definition) is 0. The van der Waals surface area contributed by atoms with Crippen molar-refractivity contribution in [3.05, 3.63) is 35.9 Å². The fourth-order valence-electron chi connectivity index (χ4n) is 3.45. The molecule has 5 heteroatoms. The van der Waals surface area contributed by atoms with Crippen LogP contribution in [0, 0.1) is 0 Å². The summed E-state index contributed by atoms with van der Waals surface area (Å²) >= 11 is 0. The molecule has 0 heterocycles. The van der Waals surface area contributed by atoms with Gasteiger partial charge in [-0.2, -0.15) is 0 Å². The van der Waals surface area contributed by atoms with Gasteiger partial charge in [0.15, 0.2) is 0 Å². The number of benzene rings is 1. The predicted molar refractivity (Wildman–Crippen MR) is 106 cm³/mol. The minimum Gasteiger partial charge on any atom is -0.374 e. The van der Waals surface area contributed by atoms with Gasteiger partial charge in [-0.3, -0.25) is 0 Å². The molecule has 0 aromatic heterocycles. The second-order valence-corrected chi connectivity index (χ2v) is 9.16. The Bertz CT molecular complexity index is 434. The predicted octanol–water partition coefficient (Wildman–Crippen LogP) is 4.48. The Kier molecular flexibility index (Phi) is 10.5. The van der Waals surface area contributed by atoms with Gasteiger partial charge in [0.05, 0.1) is 19.6 Å². The van der Waals surface area contributed by atoms with Crippen LogP contribution in [-0.2, 0) is 19.8 Å². The molecule has 0 aliphatic rings. The van der Waals surface area contributed by atoms with Crippen molar-refractivity contribution in [3.8, 4) is 0 Å². The second kappa shape index (κ2) is 11.8. The molecule has 0 saturated heterocycles. The molecule has 1 aromatic rings. The first-order valence-electron chi connectivity index (χ1n) is 9.90. The van der Waals surface area contributed by atoms with Crippen molar-refractivity contribution in [2.75, 3.05) is 39.5 Å².